The van der Waals surface area contributed by atoms with Crippen molar-refractivity contribution in [2.75, 3.05) is 5.43 Å². The van der Waals surface area contributed by atoms with Crippen LogP contribution in [0, 0.1) is 6.92 Å². The maximum absolute atomic E-state index is 12.3. The summed E-state index contributed by atoms with van der Waals surface area (Å²) in [5.74, 6) is -0.384. The maximum atomic E-state index is 12.3. The van der Waals surface area contributed by atoms with Gasteiger partial charge in [0.05, 0.1) is 11.4 Å². The molecule has 0 aliphatic heterocycles. The Kier molecular flexibility index (Phi) is 4.68. The van der Waals surface area contributed by atoms with Crippen LogP contribution in [-0.2, 0) is 14.1 Å². The van der Waals surface area contributed by atoms with E-state index in [0.29, 0.717) is 12.1 Å². The van der Waals surface area contributed by atoms with Crippen LogP contribution in [0.25, 0.3) is 0 Å². The van der Waals surface area contributed by atoms with Crippen molar-refractivity contribution in [2.45, 2.75) is 20.3 Å². The molecule has 2 rings (SSSR count). The molecule has 2 N–H and O–H groups in total. The van der Waals surface area contributed by atoms with Crippen molar-refractivity contribution in [3.05, 3.63) is 56.2 Å². The van der Waals surface area contributed by atoms with Gasteiger partial charge >= 0.3 is 5.69 Å². The summed E-state index contributed by atoms with van der Waals surface area (Å²) in [6.07, 6.45) is 0.417. The summed E-state index contributed by atoms with van der Waals surface area (Å²) in [5.41, 5.74) is 3.97. The number of hydrazone groups is 1. The van der Waals surface area contributed by atoms with E-state index in [1.807, 2.05) is 38.1 Å². The van der Waals surface area contributed by atoms with E-state index in [1.54, 1.807) is 0 Å². The summed E-state index contributed by atoms with van der Waals surface area (Å²) >= 11 is 0. The van der Waals surface area contributed by atoms with E-state index in [4.69, 9.17) is 0 Å². The van der Waals surface area contributed by atoms with E-state index in [9.17, 15) is 14.7 Å². The van der Waals surface area contributed by atoms with Crippen LogP contribution in [0.4, 0.5) is 5.69 Å². The first-order valence-corrected chi connectivity index (χ1v) is 7.26. The molecule has 0 spiro atoms. The molecule has 1 aromatic heterocycles. The lowest BCUT2D eigenvalue weighted by atomic mass is 10.1. The molecular formula is C16H20N4O3. The molecule has 2 aromatic rings. The first kappa shape index (κ1) is 16.5. The molecule has 0 aliphatic carbocycles. The van der Waals surface area contributed by atoms with Crippen LogP contribution in [0.1, 0.15) is 24.5 Å². The Bertz CT molecular complexity index is 878. The number of benzene rings is 1. The standard InChI is InChI=1S/C16H20N4O3/c1-5-11(17-18-12-9-7-6-8-10(12)2)13-14(21)19(3)16(23)20(4)15(13)22/h6-9,18,21H,5H2,1-4H3/b17-11+. The lowest BCUT2D eigenvalue weighted by Crippen LogP contribution is -2.40. The predicted molar refractivity (Wildman–Crippen MR) is 90.2 cm³/mol. The second kappa shape index (κ2) is 6.51. The van der Waals surface area contributed by atoms with E-state index in [1.165, 1.54) is 14.1 Å². The number of para-hydroxylation sites is 1. The van der Waals surface area contributed by atoms with E-state index >= 15 is 0 Å². The Hall–Kier alpha value is -2.83. The molecule has 0 aliphatic rings. The summed E-state index contributed by atoms with van der Waals surface area (Å²) in [4.78, 5) is 24.1. The fraction of sp³-hybridized carbons (Fsp3) is 0.312. The van der Waals surface area contributed by atoms with Gasteiger partial charge in [-0.1, -0.05) is 25.1 Å². The molecule has 0 fully saturated rings. The van der Waals surface area contributed by atoms with Gasteiger partial charge in [-0.25, -0.2) is 4.79 Å². The molecule has 1 aromatic carbocycles. The minimum Gasteiger partial charge on any atom is -0.494 e. The zero-order chi connectivity index (χ0) is 17.1. The van der Waals surface area contributed by atoms with Crippen LogP contribution in [0.5, 0.6) is 5.88 Å². The summed E-state index contributed by atoms with van der Waals surface area (Å²) in [7, 11) is 2.78. The first-order valence-electron chi connectivity index (χ1n) is 7.26. The van der Waals surface area contributed by atoms with Crippen molar-refractivity contribution in [3.63, 3.8) is 0 Å². The zero-order valence-corrected chi connectivity index (χ0v) is 13.6. The second-order valence-electron chi connectivity index (χ2n) is 5.24. The van der Waals surface area contributed by atoms with Gasteiger partial charge in [-0.15, -0.1) is 0 Å². The minimum atomic E-state index is -0.585. The Morgan fingerprint density at radius 3 is 2.48 bits per heavy atom. The number of aryl methyl sites for hydroxylation is 1. The van der Waals surface area contributed by atoms with E-state index in [2.05, 4.69) is 10.5 Å². The van der Waals surface area contributed by atoms with Crippen LogP contribution in [-0.4, -0.2) is 20.0 Å². The summed E-state index contributed by atoms with van der Waals surface area (Å²) in [6.45, 7) is 3.76. The zero-order valence-electron chi connectivity index (χ0n) is 13.6. The van der Waals surface area contributed by atoms with Crippen molar-refractivity contribution in [1.82, 2.24) is 9.13 Å². The summed E-state index contributed by atoms with van der Waals surface area (Å²) in [5, 5.41) is 14.4. The molecule has 7 nitrogen and oxygen atoms in total. The number of aromatic nitrogens is 2. The third kappa shape index (κ3) is 3.03. The van der Waals surface area contributed by atoms with Crippen LogP contribution in [0.2, 0.25) is 0 Å². The van der Waals surface area contributed by atoms with Gasteiger partial charge in [0.1, 0.15) is 5.56 Å². The number of aromatic hydroxyl groups is 1. The molecule has 1 heterocycles. The van der Waals surface area contributed by atoms with Gasteiger partial charge in [0.2, 0.25) is 5.88 Å². The number of nitrogens with one attached hydrogen (secondary N) is 1. The quantitative estimate of drug-likeness (QED) is 0.658. The molecule has 0 radical (unpaired) electrons. The highest BCUT2D eigenvalue weighted by molar-refractivity contribution is 6.02. The average molecular weight is 316 g/mol. The number of anilines is 1. The highest BCUT2D eigenvalue weighted by atomic mass is 16.3. The highest BCUT2D eigenvalue weighted by Crippen LogP contribution is 2.16. The second-order valence-corrected chi connectivity index (χ2v) is 5.24. The molecule has 0 saturated heterocycles. The SMILES string of the molecule is CC/C(=N\Nc1ccccc1C)c1c(O)n(C)c(=O)n(C)c1=O. The normalized spacial score (nSPS) is 11.6. The molecule has 0 amide bonds. The number of hydrogen-bond donors (Lipinski definition) is 2. The monoisotopic (exact) mass is 316 g/mol. The molecular weight excluding hydrogens is 296 g/mol. The topological polar surface area (TPSA) is 88.6 Å². The van der Waals surface area contributed by atoms with Gasteiger partial charge < -0.3 is 5.11 Å². The van der Waals surface area contributed by atoms with Gasteiger partial charge in [-0.05, 0) is 25.0 Å². The van der Waals surface area contributed by atoms with Crippen LogP contribution >= 0.6 is 0 Å². The molecule has 0 saturated carbocycles. The number of rotatable bonds is 4. The number of hydrogen-bond acceptors (Lipinski definition) is 5. The Labute approximate surface area is 133 Å². The molecule has 0 atom stereocenters. The van der Waals surface area contributed by atoms with Gasteiger partial charge in [0, 0.05) is 14.1 Å². The average Bonchev–Trinajstić information content (AvgIpc) is 2.55. The van der Waals surface area contributed by atoms with Crippen molar-refractivity contribution >= 4 is 11.4 Å². The third-order valence-electron chi connectivity index (χ3n) is 3.71. The molecule has 122 valence electrons. The highest BCUT2D eigenvalue weighted by Gasteiger charge is 2.19. The van der Waals surface area contributed by atoms with Gasteiger partial charge in [0.25, 0.3) is 5.56 Å². The van der Waals surface area contributed by atoms with Crippen LogP contribution in [0.3, 0.4) is 0 Å². The summed E-state index contributed by atoms with van der Waals surface area (Å²) in [6, 6.07) is 7.59. The Morgan fingerprint density at radius 2 is 1.87 bits per heavy atom. The fourth-order valence-corrected chi connectivity index (χ4v) is 2.22. The van der Waals surface area contributed by atoms with Crippen molar-refractivity contribution < 1.29 is 5.11 Å². The Morgan fingerprint density at radius 1 is 1.22 bits per heavy atom. The summed E-state index contributed by atoms with van der Waals surface area (Å²) < 4.78 is 1.98. The van der Waals surface area contributed by atoms with E-state index in [-0.39, 0.29) is 11.4 Å². The van der Waals surface area contributed by atoms with Crippen molar-refractivity contribution in [3.8, 4) is 5.88 Å². The molecule has 23 heavy (non-hydrogen) atoms. The van der Waals surface area contributed by atoms with Crippen molar-refractivity contribution in [2.24, 2.45) is 19.2 Å². The minimum absolute atomic E-state index is 0.0261. The molecule has 0 bridgehead atoms. The first-order chi connectivity index (χ1) is 10.9. The molecule has 7 heteroatoms. The lowest BCUT2D eigenvalue weighted by molar-refractivity contribution is 0.410. The lowest BCUT2D eigenvalue weighted by Gasteiger charge is -2.12. The van der Waals surface area contributed by atoms with Crippen LogP contribution in [0.15, 0.2) is 39.0 Å². The van der Waals surface area contributed by atoms with Gasteiger partial charge in [-0.3, -0.25) is 19.4 Å². The predicted octanol–water partition coefficient (Wildman–Crippen LogP) is 1.32. The van der Waals surface area contributed by atoms with Crippen LogP contribution < -0.4 is 16.7 Å². The maximum Gasteiger partial charge on any atom is 0.333 e. The van der Waals surface area contributed by atoms with E-state index in [0.717, 1.165) is 20.4 Å². The van der Waals surface area contributed by atoms with E-state index < -0.39 is 11.2 Å². The Balaban J connectivity index is 2.55. The largest absolute Gasteiger partial charge is 0.494 e. The molecule has 0 unspecified atom stereocenters. The van der Waals surface area contributed by atoms with Crippen molar-refractivity contribution in [1.29, 1.82) is 0 Å². The van der Waals surface area contributed by atoms with Gasteiger partial charge in [0.15, 0.2) is 0 Å². The smallest absolute Gasteiger partial charge is 0.333 e. The number of nitrogens with zero attached hydrogens (tertiary/aromatic N) is 3. The third-order valence-corrected chi connectivity index (χ3v) is 3.71. The van der Waals surface area contributed by atoms with Gasteiger partial charge in [-0.2, -0.15) is 5.10 Å². The fourth-order valence-electron chi connectivity index (χ4n) is 2.22.